The van der Waals surface area contributed by atoms with Crippen molar-refractivity contribution in [3.05, 3.63) is 46.8 Å². The fourth-order valence-electron chi connectivity index (χ4n) is 2.36. The van der Waals surface area contributed by atoms with Gasteiger partial charge in [-0.3, -0.25) is 4.79 Å². The quantitative estimate of drug-likeness (QED) is 0.234. The highest BCUT2D eigenvalue weighted by Gasteiger charge is 2.24. The summed E-state index contributed by atoms with van der Waals surface area (Å²) in [5.41, 5.74) is 0.208. The minimum absolute atomic E-state index is 0.0875. The van der Waals surface area contributed by atoms with Gasteiger partial charge in [-0.1, -0.05) is 24.3 Å². The van der Waals surface area contributed by atoms with Crippen molar-refractivity contribution in [2.24, 2.45) is 4.99 Å². The van der Waals surface area contributed by atoms with Crippen LogP contribution in [0.1, 0.15) is 31.0 Å². The molecule has 0 heterocycles. The van der Waals surface area contributed by atoms with Crippen LogP contribution in [0, 0.1) is 5.41 Å². The normalized spacial score (nSPS) is 14.1. The molecule has 0 fully saturated rings. The van der Waals surface area contributed by atoms with Crippen LogP contribution in [0.25, 0.3) is 0 Å². The standard InChI is InChI=1S/C19H27F2N5O2/c1-12(13-6-8-14(9-7-13)19(2,20)21)24-17(15(10-27)16(22)11-28)25-18(23-3)26(4)5/h6-10,12,22,24,28H,11H2,1-5H3,(H,23,25)/b17-15+,22-16?. The molecule has 0 aliphatic rings. The summed E-state index contributed by atoms with van der Waals surface area (Å²) in [7, 11) is 5.15. The summed E-state index contributed by atoms with van der Waals surface area (Å²) in [5.74, 6) is -2.43. The summed E-state index contributed by atoms with van der Waals surface area (Å²) in [5, 5.41) is 23.0. The number of carbonyl (C=O) groups excluding carboxylic acids is 1. The molecule has 0 saturated carbocycles. The minimum Gasteiger partial charge on any atom is -0.390 e. The van der Waals surface area contributed by atoms with E-state index in [9.17, 15) is 18.7 Å². The lowest BCUT2D eigenvalue weighted by atomic mass is 10.0. The maximum absolute atomic E-state index is 13.4. The Morgan fingerprint density at radius 2 is 1.93 bits per heavy atom. The van der Waals surface area contributed by atoms with Gasteiger partial charge < -0.3 is 26.0 Å². The first-order valence-corrected chi connectivity index (χ1v) is 8.61. The smallest absolute Gasteiger partial charge is 0.270 e. The van der Waals surface area contributed by atoms with Crippen LogP contribution in [-0.4, -0.2) is 55.7 Å². The zero-order chi connectivity index (χ0) is 21.5. The number of nitrogens with zero attached hydrogens (tertiary/aromatic N) is 2. The second kappa shape index (κ2) is 9.93. The second-order valence-electron chi connectivity index (χ2n) is 6.47. The maximum atomic E-state index is 13.4. The SMILES string of the molecule is CN/C(=N\C(NC(C)c1ccc(C(C)(F)F)cc1)=C(/C=O)C(=N)CO)N(C)C. The molecule has 0 amide bonds. The number of alkyl halides is 2. The summed E-state index contributed by atoms with van der Waals surface area (Å²) in [6.07, 6.45) is 0.445. The van der Waals surface area contributed by atoms with Crippen LogP contribution in [0.3, 0.4) is 0 Å². The predicted molar refractivity (Wildman–Crippen MR) is 106 cm³/mol. The highest BCUT2D eigenvalue weighted by atomic mass is 19.3. The Morgan fingerprint density at radius 3 is 2.32 bits per heavy atom. The lowest BCUT2D eigenvalue weighted by Gasteiger charge is -2.21. The van der Waals surface area contributed by atoms with E-state index < -0.39 is 18.6 Å². The van der Waals surface area contributed by atoms with Crippen molar-refractivity contribution in [3.63, 3.8) is 0 Å². The third-order valence-electron chi connectivity index (χ3n) is 3.99. The number of aliphatic hydroxyl groups excluding tert-OH is 1. The van der Waals surface area contributed by atoms with Gasteiger partial charge in [0.15, 0.2) is 12.2 Å². The van der Waals surface area contributed by atoms with Crippen LogP contribution in [0.4, 0.5) is 8.78 Å². The number of aliphatic imine (C=N–C) groups is 1. The highest BCUT2D eigenvalue weighted by molar-refractivity contribution is 6.14. The molecular formula is C19H27F2N5O2. The van der Waals surface area contributed by atoms with Crippen LogP contribution >= 0.6 is 0 Å². The molecule has 154 valence electrons. The number of carbonyl (C=O) groups is 1. The van der Waals surface area contributed by atoms with E-state index in [0.717, 1.165) is 6.92 Å². The number of benzene rings is 1. The number of hydrogen-bond acceptors (Lipinski definition) is 5. The molecular weight excluding hydrogens is 368 g/mol. The van der Waals surface area contributed by atoms with Crippen LogP contribution in [0.15, 0.2) is 40.7 Å². The van der Waals surface area contributed by atoms with E-state index in [4.69, 9.17) is 5.41 Å². The molecule has 0 aliphatic heterocycles. The molecule has 1 rings (SSSR count). The summed E-state index contributed by atoms with van der Waals surface area (Å²) in [6, 6.07) is 5.41. The molecule has 7 nitrogen and oxygen atoms in total. The Morgan fingerprint density at radius 1 is 1.36 bits per heavy atom. The average molecular weight is 395 g/mol. The zero-order valence-corrected chi connectivity index (χ0v) is 16.7. The van der Waals surface area contributed by atoms with Gasteiger partial charge in [-0.2, -0.15) is 4.99 Å². The van der Waals surface area contributed by atoms with Crippen LogP contribution in [0.2, 0.25) is 0 Å². The molecule has 0 spiro atoms. The molecule has 0 aliphatic carbocycles. The molecule has 0 bridgehead atoms. The minimum atomic E-state index is -2.93. The average Bonchev–Trinajstić information content (AvgIpc) is 2.65. The molecule has 28 heavy (non-hydrogen) atoms. The number of hydrogen-bond donors (Lipinski definition) is 4. The maximum Gasteiger partial charge on any atom is 0.270 e. The number of halogens is 2. The topological polar surface area (TPSA) is 101 Å². The Hall–Kier alpha value is -2.81. The second-order valence-corrected chi connectivity index (χ2v) is 6.47. The van der Waals surface area contributed by atoms with Gasteiger partial charge in [0.2, 0.25) is 0 Å². The number of guanidine groups is 1. The van der Waals surface area contributed by atoms with Gasteiger partial charge in [-0.05, 0) is 12.5 Å². The van der Waals surface area contributed by atoms with E-state index in [1.54, 1.807) is 45.1 Å². The summed E-state index contributed by atoms with van der Waals surface area (Å²) < 4.78 is 26.8. The van der Waals surface area contributed by atoms with Gasteiger partial charge in [-0.15, -0.1) is 0 Å². The molecule has 1 aromatic rings. The first-order chi connectivity index (χ1) is 13.0. The van der Waals surface area contributed by atoms with Crippen molar-refractivity contribution in [1.29, 1.82) is 5.41 Å². The van der Waals surface area contributed by atoms with Crippen molar-refractivity contribution in [3.8, 4) is 0 Å². The third kappa shape index (κ3) is 6.12. The number of rotatable bonds is 8. The van der Waals surface area contributed by atoms with E-state index in [1.807, 2.05) is 0 Å². The first kappa shape index (κ1) is 23.2. The largest absolute Gasteiger partial charge is 0.390 e. The molecule has 0 aromatic heterocycles. The van der Waals surface area contributed by atoms with Crippen molar-refractivity contribution in [2.75, 3.05) is 27.7 Å². The van der Waals surface area contributed by atoms with E-state index >= 15 is 0 Å². The lowest BCUT2D eigenvalue weighted by molar-refractivity contribution is -0.104. The Labute approximate surface area is 163 Å². The summed E-state index contributed by atoms with van der Waals surface area (Å²) in [4.78, 5) is 17.6. The number of aliphatic hydroxyl groups is 1. The summed E-state index contributed by atoms with van der Waals surface area (Å²) >= 11 is 0. The molecule has 1 aromatic carbocycles. The molecule has 4 N–H and O–H groups in total. The first-order valence-electron chi connectivity index (χ1n) is 8.61. The van der Waals surface area contributed by atoms with Gasteiger partial charge in [0.1, 0.15) is 5.82 Å². The fraction of sp³-hybridized carbons (Fsp3) is 0.421. The van der Waals surface area contributed by atoms with Gasteiger partial charge in [0.05, 0.1) is 17.9 Å². The van der Waals surface area contributed by atoms with E-state index in [0.29, 0.717) is 17.8 Å². The third-order valence-corrected chi connectivity index (χ3v) is 3.99. The van der Waals surface area contributed by atoms with Crippen molar-refractivity contribution >= 4 is 18.0 Å². The Bertz CT molecular complexity index is 753. The van der Waals surface area contributed by atoms with Crippen LogP contribution in [0.5, 0.6) is 0 Å². The Kier molecular flexibility index (Phi) is 8.24. The van der Waals surface area contributed by atoms with Crippen molar-refractivity contribution in [2.45, 2.75) is 25.8 Å². The summed E-state index contributed by atoms with van der Waals surface area (Å²) in [6.45, 7) is 1.98. The molecule has 9 heteroatoms. The number of nitrogens with one attached hydrogen (secondary N) is 3. The zero-order valence-electron chi connectivity index (χ0n) is 16.7. The lowest BCUT2D eigenvalue weighted by Crippen LogP contribution is -2.35. The molecule has 0 radical (unpaired) electrons. The van der Waals surface area contributed by atoms with E-state index in [-0.39, 0.29) is 22.7 Å². The van der Waals surface area contributed by atoms with E-state index in [2.05, 4.69) is 15.6 Å². The molecule has 1 atom stereocenters. The van der Waals surface area contributed by atoms with Gasteiger partial charge in [0.25, 0.3) is 5.92 Å². The molecule has 1 unspecified atom stereocenters. The molecule has 0 saturated heterocycles. The van der Waals surface area contributed by atoms with Crippen LogP contribution in [-0.2, 0) is 10.7 Å². The monoisotopic (exact) mass is 395 g/mol. The highest BCUT2D eigenvalue weighted by Crippen LogP contribution is 2.28. The number of aldehydes is 1. The van der Waals surface area contributed by atoms with Gasteiger partial charge in [0, 0.05) is 39.7 Å². The fourth-order valence-corrected chi connectivity index (χ4v) is 2.36. The van der Waals surface area contributed by atoms with Gasteiger partial charge >= 0.3 is 0 Å². The van der Waals surface area contributed by atoms with Crippen LogP contribution < -0.4 is 10.6 Å². The van der Waals surface area contributed by atoms with Crippen molar-refractivity contribution in [1.82, 2.24) is 15.5 Å². The van der Waals surface area contributed by atoms with E-state index in [1.165, 1.54) is 12.1 Å². The Balaban J connectivity index is 3.31. The van der Waals surface area contributed by atoms with Crippen molar-refractivity contribution < 1.29 is 18.7 Å². The predicted octanol–water partition coefficient (Wildman–Crippen LogP) is 2.01. The van der Waals surface area contributed by atoms with Gasteiger partial charge in [-0.25, -0.2) is 8.78 Å².